The Hall–Kier alpha value is -2.57. The Morgan fingerprint density at radius 3 is 2.65 bits per heavy atom. The molecule has 0 radical (unpaired) electrons. The lowest BCUT2D eigenvalue weighted by Crippen LogP contribution is -1.93. The van der Waals surface area contributed by atoms with Crippen LogP contribution in [0.25, 0.3) is 37.5 Å². The predicted molar refractivity (Wildman–Crippen MR) is 96.5 cm³/mol. The number of rotatable bonds is 1. The summed E-state index contributed by atoms with van der Waals surface area (Å²) in [6.07, 6.45) is 0. The van der Waals surface area contributed by atoms with Gasteiger partial charge in [-0.15, -0.1) is 0 Å². The van der Waals surface area contributed by atoms with Crippen LogP contribution in [0, 0.1) is 4.64 Å². The van der Waals surface area contributed by atoms with Crippen LogP contribution in [0.4, 0.5) is 0 Å². The number of hydrogen-bond donors (Lipinski definition) is 1. The third-order valence-corrected chi connectivity index (χ3v) is 5.21. The number of H-pyrrole nitrogens is 1. The zero-order valence-corrected chi connectivity index (χ0v) is 13.5. The van der Waals surface area contributed by atoms with Crippen LogP contribution in [-0.2, 0) is 0 Å². The monoisotopic (exact) mass is 334 g/mol. The maximum absolute atomic E-state index is 5.64. The molecule has 0 spiro atoms. The summed E-state index contributed by atoms with van der Waals surface area (Å²) in [5, 5.41) is 6.66. The van der Waals surface area contributed by atoms with E-state index in [0.29, 0.717) is 4.64 Å². The van der Waals surface area contributed by atoms with Gasteiger partial charge in [0, 0.05) is 16.5 Å². The molecule has 0 atom stereocenters. The molecule has 1 N–H and O–H groups in total. The fourth-order valence-corrected chi connectivity index (χ4v) is 4.02. The van der Waals surface area contributed by atoms with E-state index in [1.165, 1.54) is 0 Å². The first-order chi connectivity index (χ1) is 11.3. The Morgan fingerprint density at radius 2 is 1.78 bits per heavy atom. The Morgan fingerprint density at radius 1 is 1.00 bits per heavy atom. The second-order valence-corrected chi connectivity index (χ2v) is 6.62. The summed E-state index contributed by atoms with van der Waals surface area (Å²) >= 11 is 7.19. The highest BCUT2D eigenvalue weighted by molar-refractivity contribution is 7.71. The number of benzene rings is 2. The topological polar surface area (TPSA) is 46.0 Å². The predicted octanol–water partition coefficient (Wildman–Crippen LogP) is 4.82. The molecule has 0 amide bonds. The van der Waals surface area contributed by atoms with Crippen LogP contribution in [0.1, 0.15) is 0 Å². The lowest BCUT2D eigenvalue weighted by Gasteiger charge is -1.93. The van der Waals surface area contributed by atoms with Crippen LogP contribution in [0.15, 0.2) is 54.6 Å². The molecule has 0 aliphatic carbocycles. The Balaban J connectivity index is 1.89. The molecule has 0 bridgehead atoms. The summed E-state index contributed by atoms with van der Waals surface area (Å²) in [4.78, 5) is 8.97. The van der Waals surface area contributed by atoms with Gasteiger partial charge in [0.05, 0.1) is 0 Å². The van der Waals surface area contributed by atoms with Crippen LogP contribution in [0.3, 0.4) is 0 Å². The normalized spacial score (nSPS) is 11.7. The fourth-order valence-electron chi connectivity index (χ4n) is 2.78. The number of nitrogens with zero attached hydrogens (tertiary/aromatic N) is 3. The summed E-state index contributed by atoms with van der Waals surface area (Å²) in [6, 6.07) is 18.2. The van der Waals surface area contributed by atoms with E-state index in [1.54, 1.807) is 15.9 Å². The molecular formula is C17H10N4S2. The van der Waals surface area contributed by atoms with Crippen molar-refractivity contribution in [2.24, 2.45) is 0 Å². The molecule has 5 aromatic rings. The van der Waals surface area contributed by atoms with Gasteiger partial charge in [-0.05, 0) is 6.07 Å². The zero-order valence-electron chi connectivity index (χ0n) is 11.9. The highest BCUT2D eigenvalue weighted by atomic mass is 32.1. The maximum atomic E-state index is 5.64. The van der Waals surface area contributed by atoms with E-state index < -0.39 is 0 Å². The Bertz CT molecular complexity index is 1230. The van der Waals surface area contributed by atoms with Gasteiger partial charge in [0.2, 0.25) is 4.96 Å². The van der Waals surface area contributed by atoms with E-state index in [2.05, 4.69) is 16.1 Å². The lowest BCUT2D eigenvalue weighted by atomic mass is 10.2. The standard InChI is InChI=1S/C17H10N4S2/c22-16-14-13(11-8-4-5-9-12(11)18-14)19-17-21(16)20-15(23-17)10-6-2-1-3-7-10/h1-9,18H. The molecule has 3 aromatic heterocycles. The van der Waals surface area contributed by atoms with Gasteiger partial charge in [-0.1, -0.05) is 72.1 Å². The molecule has 0 fully saturated rings. The van der Waals surface area contributed by atoms with Crippen molar-refractivity contribution in [3.8, 4) is 10.6 Å². The molecule has 0 unspecified atom stereocenters. The van der Waals surface area contributed by atoms with Crippen molar-refractivity contribution in [1.29, 1.82) is 0 Å². The molecule has 3 heterocycles. The minimum atomic E-state index is 0.666. The summed E-state index contributed by atoms with van der Waals surface area (Å²) in [7, 11) is 0. The van der Waals surface area contributed by atoms with Crippen molar-refractivity contribution in [2.75, 3.05) is 0 Å². The maximum Gasteiger partial charge on any atom is 0.214 e. The smallest absolute Gasteiger partial charge is 0.214 e. The zero-order chi connectivity index (χ0) is 15.4. The van der Waals surface area contributed by atoms with Crippen molar-refractivity contribution in [1.82, 2.24) is 19.6 Å². The van der Waals surface area contributed by atoms with Gasteiger partial charge in [-0.25, -0.2) is 4.98 Å². The van der Waals surface area contributed by atoms with Crippen LogP contribution < -0.4 is 0 Å². The average Bonchev–Trinajstić information content (AvgIpc) is 3.18. The molecule has 5 rings (SSSR count). The van der Waals surface area contributed by atoms with Crippen molar-refractivity contribution < 1.29 is 0 Å². The summed E-state index contributed by atoms with van der Waals surface area (Å²) < 4.78 is 2.42. The van der Waals surface area contributed by atoms with E-state index in [-0.39, 0.29) is 0 Å². The van der Waals surface area contributed by atoms with Crippen molar-refractivity contribution in [2.45, 2.75) is 0 Å². The van der Waals surface area contributed by atoms with Gasteiger partial charge >= 0.3 is 0 Å². The first kappa shape index (κ1) is 12.9. The molecule has 0 saturated carbocycles. The van der Waals surface area contributed by atoms with Gasteiger partial charge in [-0.2, -0.15) is 9.61 Å². The van der Waals surface area contributed by atoms with E-state index in [9.17, 15) is 0 Å². The average molecular weight is 334 g/mol. The minimum Gasteiger partial charge on any atom is -0.351 e. The SMILES string of the molecule is S=c1c2[nH]c3ccccc3c2nc2sc(-c3ccccc3)nn12. The number of fused-ring (bicyclic) bond motifs is 4. The van der Waals surface area contributed by atoms with E-state index in [0.717, 1.165) is 37.5 Å². The van der Waals surface area contributed by atoms with E-state index in [1.807, 2.05) is 48.5 Å². The summed E-state index contributed by atoms with van der Waals surface area (Å²) in [6.45, 7) is 0. The van der Waals surface area contributed by atoms with Gasteiger partial charge in [0.15, 0.2) is 4.64 Å². The minimum absolute atomic E-state index is 0.666. The summed E-state index contributed by atoms with van der Waals surface area (Å²) in [5.41, 5.74) is 3.89. The third-order valence-electron chi connectivity index (χ3n) is 3.87. The largest absolute Gasteiger partial charge is 0.351 e. The van der Waals surface area contributed by atoms with Crippen molar-refractivity contribution in [3.05, 3.63) is 59.2 Å². The second-order valence-electron chi connectivity index (χ2n) is 5.28. The summed E-state index contributed by atoms with van der Waals surface area (Å²) in [5.74, 6) is 0. The van der Waals surface area contributed by atoms with E-state index in [4.69, 9.17) is 17.2 Å². The third kappa shape index (κ3) is 1.85. The molecule has 110 valence electrons. The number of aromatic amines is 1. The number of para-hydroxylation sites is 1. The quantitative estimate of drug-likeness (QED) is 0.447. The van der Waals surface area contributed by atoms with Crippen molar-refractivity contribution in [3.63, 3.8) is 0 Å². The highest BCUT2D eigenvalue weighted by Crippen LogP contribution is 2.29. The van der Waals surface area contributed by atoms with Gasteiger partial charge in [-0.3, -0.25) is 0 Å². The second kappa shape index (κ2) is 4.71. The molecule has 2 aromatic carbocycles. The fraction of sp³-hybridized carbons (Fsp3) is 0. The van der Waals surface area contributed by atoms with Crippen LogP contribution in [0.2, 0.25) is 0 Å². The first-order valence-corrected chi connectivity index (χ1v) is 8.39. The Labute approximate surface area is 140 Å². The molecule has 6 heteroatoms. The van der Waals surface area contributed by atoms with Crippen LogP contribution in [-0.4, -0.2) is 19.6 Å². The number of hydrogen-bond acceptors (Lipinski definition) is 4. The molecule has 4 nitrogen and oxygen atoms in total. The van der Waals surface area contributed by atoms with Crippen molar-refractivity contribution >= 4 is 50.5 Å². The first-order valence-electron chi connectivity index (χ1n) is 7.17. The van der Waals surface area contributed by atoms with Gasteiger partial charge < -0.3 is 4.98 Å². The number of nitrogens with one attached hydrogen (secondary N) is 1. The Kier molecular flexibility index (Phi) is 2.65. The van der Waals surface area contributed by atoms with E-state index >= 15 is 0 Å². The molecular weight excluding hydrogens is 324 g/mol. The van der Waals surface area contributed by atoms with Gasteiger partial charge in [0.25, 0.3) is 0 Å². The van der Waals surface area contributed by atoms with Crippen LogP contribution >= 0.6 is 23.6 Å². The van der Waals surface area contributed by atoms with Crippen LogP contribution in [0.5, 0.6) is 0 Å². The molecule has 0 aliphatic heterocycles. The molecule has 23 heavy (non-hydrogen) atoms. The van der Waals surface area contributed by atoms with Gasteiger partial charge in [0.1, 0.15) is 16.0 Å². The molecule has 0 saturated heterocycles. The number of aromatic nitrogens is 4. The highest BCUT2D eigenvalue weighted by Gasteiger charge is 2.13. The lowest BCUT2D eigenvalue weighted by molar-refractivity contribution is 0.941. The molecule has 0 aliphatic rings.